The fourth-order valence-electron chi connectivity index (χ4n) is 2.08. The van der Waals surface area contributed by atoms with Crippen molar-refractivity contribution in [2.75, 3.05) is 12.3 Å². The van der Waals surface area contributed by atoms with Crippen molar-refractivity contribution in [2.24, 2.45) is 5.41 Å². The first-order valence-electron chi connectivity index (χ1n) is 5.60. The van der Waals surface area contributed by atoms with Crippen LogP contribution in [0.5, 0.6) is 0 Å². The average molecular weight is 205 g/mol. The van der Waals surface area contributed by atoms with E-state index in [0.717, 1.165) is 17.8 Å². The van der Waals surface area contributed by atoms with Crippen LogP contribution in [-0.4, -0.2) is 11.5 Å². The molecule has 1 aromatic rings. The Kier molecular flexibility index (Phi) is 2.65. The van der Waals surface area contributed by atoms with Crippen LogP contribution >= 0.6 is 0 Å². The van der Waals surface area contributed by atoms with Crippen molar-refractivity contribution < 1.29 is 0 Å². The minimum atomic E-state index is 0.358. The molecule has 1 fully saturated rings. The van der Waals surface area contributed by atoms with Gasteiger partial charge in [-0.15, -0.1) is 0 Å². The van der Waals surface area contributed by atoms with Crippen molar-refractivity contribution in [3.63, 3.8) is 0 Å². The van der Waals surface area contributed by atoms with E-state index in [1.807, 2.05) is 12.3 Å². The molecule has 15 heavy (non-hydrogen) atoms. The molecule has 0 saturated heterocycles. The lowest BCUT2D eigenvalue weighted by Crippen LogP contribution is -2.28. The SMILES string of the molecule is CCNC(c1cnccc1N)C1(C)CC1. The Morgan fingerprint density at radius 3 is 2.87 bits per heavy atom. The molecule has 1 aromatic heterocycles. The smallest absolute Gasteiger partial charge is 0.0410 e. The van der Waals surface area contributed by atoms with E-state index in [9.17, 15) is 0 Å². The van der Waals surface area contributed by atoms with Crippen LogP contribution in [0.1, 0.15) is 38.3 Å². The second-order valence-electron chi connectivity index (χ2n) is 4.65. The summed E-state index contributed by atoms with van der Waals surface area (Å²) in [5, 5.41) is 3.52. The van der Waals surface area contributed by atoms with Crippen molar-refractivity contribution in [1.29, 1.82) is 0 Å². The number of rotatable bonds is 4. The molecule has 1 unspecified atom stereocenters. The van der Waals surface area contributed by atoms with E-state index in [0.29, 0.717) is 11.5 Å². The van der Waals surface area contributed by atoms with Crippen molar-refractivity contribution in [3.05, 3.63) is 24.0 Å². The normalized spacial score (nSPS) is 19.9. The van der Waals surface area contributed by atoms with Gasteiger partial charge >= 0.3 is 0 Å². The number of hydrogen-bond donors (Lipinski definition) is 2. The molecule has 1 atom stereocenters. The van der Waals surface area contributed by atoms with Crippen LogP contribution in [0.3, 0.4) is 0 Å². The van der Waals surface area contributed by atoms with Crippen LogP contribution < -0.4 is 11.1 Å². The number of anilines is 1. The molecular formula is C12H19N3. The van der Waals surface area contributed by atoms with Crippen molar-refractivity contribution in [2.45, 2.75) is 32.7 Å². The van der Waals surface area contributed by atoms with Crippen LogP contribution in [0, 0.1) is 5.41 Å². The lowest BCUT2D eigenvalue weighted by Gasteiger charge is -2.25. The first-order valence-corrected chi connectivity index (χ1v) is 5.60. The number of nitrogen functional groups attached to an aromatic ring is 1. The quantitative estimate of drug-likeness (QED) is 0.791. The van der Waals surface area contributed by atoms with Gasteiger partial charge in [-0.05, 0) is 30.9 Å². The summed E-state index contributed by atoms with van der Waals surface area (Å²) in [6.45, 7) is 5.41. The second-order valence-corrected chi connectivity index (χ2v) is 4.65. The highest BCUT2D eigenvalue weighted by atomic mass is 14.9. The van der Waals surface area contributed by atoms with Crippen molar-refractivity contribution >= 4 is 5.69 Å². The maximum absolute atomic E-state index is 6.00. The van der Waals surface area contributed by atoms with E-state index >= 15 is 0 Å². The number of nitrogens with two attached hydrogens (primary N) is 1. The number of pyridine rings is 1. The fraction of sp³-hybridized carbons (Fsp3) is 0.583. The summed E-state index contributed by atoms with van der Waals surface area (Å²) in [6.07, 6.45) is 6.20. The van der Waals surface area contributed by atoms with Gasteiger partial charge in [-0.25, -0.2) is 0 Å². The molecule has 1 aliphatic rings. The molecule has 1 saturated carbocycles. The first kappa shape index (κ1) is 10.4. The monoisotopic (exact) mass is 205 g/mol. The topological polar surface area (TPSA) is 50.9 Å². The molecule has 0 bridgehead atoms. The molecule has 1 aliphatic carbocycles. The van der Waals surface area contributed by atoms with Gasteiger partial charge in [0, 0.05) is 29.7 Å². The molecule has 0 spiro atoms. The van der Waals surface area contributed by atoms with Gasteiger partial charge in [0.1, 0.15) is 0 Å². The molecular weight excluding hydrogens is 186 g/mol. The van der Waals surface area contributed by atoms with Gasteiger partial charge in [-0.2, -0.15) is 0 Å². The Morgan fingerprint density at radius 2 is 2.33 bits per heavy atom. The number of aromatic nitrogens is 1. The lowest BCUT2D eigenvalue weighted by molar-refractivity contribution is 0.373. The molecule has 1 heterocycles. The third-order valence-electron chi connectivity index (χ3n) is 3.34. The van der Waals surface area contributed by atoms with Crippen LogP contribution in [0.2, 0.25) is 0 Å². The zero-order chi connectivity index (χ0) is 10.9. The summed E-state index contributed by atoms with van der Waals surface area (Å²) >= 11 is 0. The highest BCUT2D eigenvalue weighted by Gasteiger charge is 2.45. The van der Waals surface area contributed by atoms with Gasteiger partial charge in [0.2, 0.25) is 0 Å². The molecule has 0 radical (unpaired) electrons. The highest BCUT2D eigenvalue weighted by molar-refractivity contribution is 5.47. The van der Waals surface area contributed by atoms with E-state index in [1.165, 1.54) is 12.8 Å². The average Bonchev–Trinajstić information content (AvgIpc) is 2.95. The number of nitrogens with one attached hydrogen (secondary N) is 1. The maximum Gasteiger partial charge on any atom is 0.0410 e. The first-order chi connectivity index (χ1) is 7.17. The van der Waals surface area contributed by atoms with Gasteiger partial charge in [-0.1, -0.05) is 13.8 Å². The summed E-state index contributed by atoms with van der Waals surface area (Å²) in [7, 11) is 0. The molecule has 0 amide bonds. The summed E-state index contributed by atoms with van der Waals surface area (Å²) in [6, 6.07) is 2.24. The Labute approximate surface area is 91.1 Å². The molecule has 3 N–H and O–H groups in total. The zero-order valence-corrected chi connectivity index (χ0v) is 9.46. The van der Waals surface area contributed by atoms with Gasteiger partial charge in [0.05, 0.1) is 0 Å². The Hall–Kier alpha value is -1.09. The lowest BCUT2D eigenvalue weighted by atomic mass is 9.92. The zero-order valence-electron chi connectivity index (χ0n) is 9.46. The third-order valence-corrected chi connectivity index (χ3v) is 3.34. The minimum absolute atomic E-state index is 0.358. The van der Waals surface area contributed by atoms with E-state index in [2.05, 4.69) is 24.1 Å². The van der Waals surface area contributed by atoms with E-state index < -0.39 is 0 Å². The number of hydrogen-bond acceptors (Lipinski definition) is 3. The molecule has 82 valence electrons. The molecule has 0 aliphatic heterocycles. The van der Waals surface area contributed by atoms with Gasteiger partial charge in [0.15, 0.2) is 0 Å². The van der Waals surface area contributed by atoms with Crippen LogP contribution in [-0.2, 0) is 0 Å². The third kappa shape index (κ3) is 1.97. The van der Waals surface area contributed by atoms with Gasteiger partial charge < -0.3 is 11.1 Å². The molecule has 2 rings (SSSR count). The fourth-order valence-corrected chi connectivity index (χ4v) is 2.08. The Bertz CT molecular complexity index is 344. The van der Waals surface area contributed by atoms with E-state index in [1.54, 1.807) is 6.20 Å². The van der Waals surface area contributed by atoms with Crippen molar-refractivity contribution in [3.8, 4) is 0 Å². The predicted molar refractivity (Wildman–Crippen MR) is 62.4 cm³/mol. The van der Waals surface area contributed by atoms with Crippen LogP contribution in [0.25, 0.3) is 0 Å². The minimum Gasteiger partial charge on any atom is -0.398 e. The Morgan fingerprint density at radius 1 is 1.60 bits per heavy atom. The summed E-state index contributed by atoms with van der Waals surface area (Å²) in [4.78, 5) is 4.17. The standard InChI is InChI=1S/C12H19N3/c1-3-15-11(12(2)5-6-12)9-8-14-7-4-10(9)13/h4,7-8,11,15H,3,5-6H2,1-2H3,(H2,13,14). The van der Waals surface area contributed by atoms with E-state index in [4.69, 9.17) is 5.73 Å². The second kappa shape index (κ2) is 3.81. The van der Waals surface area contributed by atoms with Crippen LogP contribution in [0.15, 0.2) is 18.5 Å². The number of nitrogens with zero attached hydrogens (tertiary/aromatic N) is 1. The van der Waals surface area contributed by atoms with Crippen molar-refractivity contribution in [1.82, 2.24) is 10.3 Å². The molecule has 3 nitrogen and oxygen atoms in total. The summed E-state index contributed by atoms with van der Waals surface area (Å²) < 4.78 is 0. The van der Waals surface area contributed by atoms with Gasteiger partial charge in [-0.3, -0.25) is 4.98 Å². The summed E-state index contributed by atoms with van der Waals surface area (Å²) in [5.74, 6) is 0. The van der Waals surface area contributed by atoms with Crippen LogP contribution in [0.4, 0.5) is 5.69 Å². The molecule has 0 aromatic carbocycles. The van der Waals surface area contributed by atoms with Gasteiger partial charge in [0.25, 0.3) is 0 Å². The highest BCUT2D eigenvalue weighted by Crippen LogP contribution is 2.54. The largest absolute Gasteiger partial charge is 0.398 e. The Balaban J connectivity index is 2.28. The molecule has 3 heteroatoms. The summed E-state index contributed by atoms with van der Waals surface area (Å²) in [5.41, 5.74) is 8.38. The predicted octanol–water partition coefficient (Wildman–Crippen LogP) is 2.11. The maximum atomic E-state index is 6.00. The van der Waals surface area contributed by atoms with E-state index in [-0.39, 0.29) is 0 Å².